The number of fused-ring (bicyclic) bond motifs is 4. The van der Waals surface area contributed by atoms with Gasteiger partial charge in [-0.1, -0.05) is 11.6 Å². The van der Waals surface area contributed by atoms with Gasteiger partial charge >= 0.3 is 0 Å². The van der Waals surface area contributed by atoms with E-state index in [1.54, 1.807) is 18.3 Å². The Morgan fingerprint density at radius 1 is 1.36 bits per heavy atom. The average molecular weight is 409 g/mol. The van der Waals surface area contributed by atoms with Gasteiger partial charge in [0.2, 0.25) is 17.4 Å². The van der Waals surface area contributed by atoms with Gasteiger partial charge in [0, 0.05) is 12.7 Å². The van der Waals surface area contributed by atoms with E-state index in [0.717, 1.165) is 10.5 Å². The molecule has 4 rings (SSSR count). The third kappa shape index (κ3) is 2.38. The van der Waals surface area contributed by atoms with Crippen LogP contribution in [0.15, 0.2) is 12.1 Å². The number of quaternary nitrogens is 1. The molecule has 1 aromatic rings. The summed E-state index contributed by atoms with van der Waals surface area (Å²) in [5.41, 5.74) is 0.578. The fraction of sp³-hybridized carbons (Fsp3) is 0.526. The number of aliphatic hydroxyl groups excluding tert-OH is 1. The van der Waals surface area contributed by atoms with Crippen LogP contribution in [0.5, 0.6) is 0 Å². The van der Waals surface area contributed by atoms with Crippen LogP contribution in [0.25, 0.3) is 0 Å². The van der Waals surface area contributed by atoms with E-state index in [9.17, 15) is 19.5 Å². The average Bonchev–Trinajstić information content (AvgIpc) is 3.21. The molecule has 150 valence electrons. The van der Waals surface area contributed by atoms with E-state index in [1.165, 1.54) is 7.11 Å². The number of hydrogen-bond donors (Lipinski definition) is 3. The first kappa shape index (κ1) is 19.3. The number of imide groups is 1. The molecule has 0 aromatic heterocycles. The highest BCUT2D eigenvalue weighted by Gasteiger charge is 2.75. The molecule has 3 amide bonds. The summed E-state index contributed by atoms with van der Waals surface area (Å²) in [6.45, 7) is 3.76. The van der Waals surface area contributed by atoms with Crippen molar-refractivity contribution in [1.29, 1.82) is 0 Å². The number of aryl methyl sites for hydroxylation is 1. The molecule has 0 bridgehead atoms. The van der Waals surface area contributed by atoms with Crippen LogP contribution in [0, 0.1) is 18.8 Å². The molecule has 3 aliphatic rings. The third-order valence-electron chi connectivity index (χ3n) is 6.17. The number of aliphatic hydroxyl groups is 1. The van der Waals surface area contributed by atoms with Gasteiger partial charge in [-0.05, 0) is 31.5 Å². The molecule has 0 radical (unpaired) electrons. The fourth-order valence-corrected chi connectivity index (χ4v) is 5.30. The number of amides is 3. The smallest absolute Gasteiger partial charge is 0.291 e. The van der Waals surface area contributed by atoms with E-state index in [4.69, 9.17) is 16.3 Å². The summed E-state index contributed by atoms with van der Waals surface area (Å²) >= 11 is 6.35. The van der Waals surface area contributed by atoms with E-state index in [2.05, 4.69) is 5.32 Å². The molecule has 3 heterocycles. The number of ether oxygens (including phenoxy) is 1. The number of carbonyl (C=O) groups is 3. The molecule has 0 aliphatic carbocycles. The number of nitrogens with two attached hydrogens (primary N) is 1. The number of nitrogens with one attached hydrogen (secondary N) is 1. The zero-order chi connectivity index (χ0) is 20.4. The van der Waals surface area contributed by atoms with E-state index in [1.807, 2.05) is 13.0 Å². The summed E-state index contributed by atoms with van der Waals surface area (Å²) in [5.74, 6) is -2.86. The first-order chi connectivity index (χ1) is 13.2. The Hall–Kier alpha value is -2.00. The Labute approximate surface area is 167 Å². The second-order valence-electron chi connectivity index (χ2n) is 7.80. The number of benzene rings is 1. The topological polar surface area (TPSA) is 113 Å². The number of carbonyl (C=O) groups excluding carboxylic acids is 3. The summed E-state index contributed by atoms with van der Waals surface area (Å²) < 4.78 is 5.02. The molecule has 28 heavy (non-hydrogen) atoms. The Morgan fingerprint density at radius 3 is 2.71 bits per heavy atom. The highest BCUT2D eigenvalue weighted by atomic mass is 35.5. The number of rotatable bonds is 4. The number of halogens is 1. The molecule has 2 fully saturated rings. The van der Waals surface area contributed by atoms with Crippen molar-refractivity contribution >= 4 is 35.0 Å². The Kier molecular flexibility index (Phi) is 4.50. The van der Waals surface area contributed by atoms with Crippen LogP contribution in [0.3, 0.4) is 0 Å². The number of nitrogens with zero attached hydrogens (tertiary/aromatic N) is 1. The van der Waals surface area contributed by atoms with E-state index < -0.39 is 35.4 Å². The number of hydrogen-bond acceptors (Lipinski definition) is 5. The zero-order valence-electron chi connectivity index (χ0n) is 15.9. The molecule has 0 saturated carbocycles. The molecule has 1 spiro atoms. The zero-order valence-corrected chi connectivity index (χ0v) is 16.6. The lowest BCUT2D eigenvalue weighted by Gasteiger charge is -2.27. The lowest BCUT2D eigenvalue weighted by Crippen LogP contribution is -3.00. The van der Waals surface area contributed by atoms with Gasteiger partial charge in [-0.2, -0.15) is 0 Å². The SMILES string of the molecule is COCCN1C(=O)[C@@H]2[C@H]([C@@H](C)O)[NH2+][C@]3(C(=O)Nc4c(Cl)cc(C)cc43)[C@@H]2C1=O. The maximum atomic E-state index is 13.3. The van der Waals surface area contributed by atoms with Crippen LogP contribution in [-0.2, 0) is 24.7 Å². The molecule has 8 nitrogen and oxygen atoms in total. The van der Waals surface area contributed by atoms with Crippen molar-refractivity contribution in [1.82, 2.24) is 4.90 Å². The molecule has 2 saturated heterocycles. The summed E-state index contributed by atoms with van der Waals surface area (Å²) in [7, 11) is 1.49. The molecule has 4 N–H and O–H groups in total. The monoisotopic (exact) mass is 408 g/mol. The second-order valence-corrected chi connectivity index (χ2v) is 8.21. The lowest BCUT2D eigenvalue weighted by atomic mass is 9.76. The number of anilines is 1. The Bertz CT molecular complexity index is 889. The minimum Gasteiger partial charge on any atom is -0.387 e. The summed E-state index contributed by atoms with van der Waals surface area (Å²) in [4.78, 5) is 40.7. The number of methoxy groups -OCH3 is 1. The largest absolute Gasteiger partial charge is 0.387 e. The molecule has 0 unspecified atom stereocenters. The van der Waals surface area contributed by atoms with Crippen molar-refractivity contribution in [2.45, 2.75) is 31.5 Å². The summed E-state index contributed by atoms with van der Waals surface area (Å²) in [5, 5.41) is 15.2. The van der Waals surface area contributed by atoms with Crippen molar-refractivity contribution in [3.8, 4) is 0 Å². The molecule has 3 aliphatic heterocycles. The van der Waals surface area contributed by atoms with Gasteiger partial charge in [0.25, 0.3) is 5.91 Å². The van der Waals surface area contributed by atoms with Crippen molar-refractivity contribution in [3.05, 3.63) is 28.3 Å². The van der Waals surface area contributed by atoms with Crippen molar-refractivity contribution < 1.29 is 29.5 Å². The van der Waals surface area contributed by atoms with Gasteiger partial charge in [-0.3, -0.25) is 19.3 Å². The normalized spacial score (nSPS) is 32.1. The Morgan fingerprint density at radius 2 is 2.07 bits per heavy atom. The Balaban J connectivity index is 1.89. The maximum absolute atomic E-state index is 13.3. The summed E-state index contributed by atoms with van der Waals surface area (Å²) in [6, 6.07) is 2.95. The highest BCUT2D eigenvalue weighted by molar-refractivity contribution is 6.35. The molecule has 9 heteroatoms. The fourth-order valence-electron chi connectivity index (χ4n) is 4.98. The lowest BCUT2D eigenvalue weighted by molar-refractivity contribution is -0.738. The number of likely N-dealkylation sites (tertiary alicyclic amines) is 1. The van der Waals surface area contributed by atoms with Gasteiger partial charge in [0.15, 0.2) is 0 Å². The standard InChI is InChI=1S/C19H22ClN3O5/c1-8-6-10-15(11(20)7-8)21-18(27)19(10)13-12(14(22-19)9(2)24)16(25)23(17(13)26)4-5-28-3/h6-7,9,12-14,22,24H,4-5H2,1-3H3,(H,21,27)/p+1/t9-,12+,13+,14+,19+/m1/s1. The predicted octanol–water partition coefficient (Wildman–Crippen LogP) is -0.630. The van der Waals surface area contributed by atoms with Crippen LogP contribution >= 0.6 is 11.6 Å². The van der Waals surface area contributed by atoms with Crippen LogP contribution in [-0.4, -0.2) is 60.1 Å². The van der Waals surface area contributed by atoms with Gasteiger partial charge in [0.05, 0.1) is 23.9 Å². The van der Waals surface area contributed by atoms with Crippen molar-refractivity contribution in [2.75, 3.05) is 25.6 Å². The minimum atomic E-state index is -1.33. The summed E-state index contributed by atoms with van der Waals surface area (Å²) in [6.07, 6.45) is -0.886. The maximum Gasteiger partial charge on any atom is 0.291 e. The second kappa shape index (κ2) is 6.52. The molecule has 5 atom stereocenters. The first-order valence-corrected chi connectivity index (χ1v) is 9.62. The van der Waals surface area contributed by atoms with Crippen LogP contribution < -0.4 is 10.6 Å². The van der Waals surface area contributed by atoms with Gasteiger partial charge in [-0.15, -0.1) is 0 Å². The minimum absolute atomic E-state index is 0.118. The molecular formula is C19H23ClN3O5+. The van der Waals surface area contributed by atoms with E-state index in [-0.39, 0.29) is 25.0 Å². The van der Waals surface area contributed by atoms with Crippen molar-refractivity contribution in [2.24, 2.45) is 11.8 Å². The van der Waals surface area contributed by atoms with Crippen LogP contribution in [0.2, 0.25) is 5.02 Å². The molecule has 1 aromatic carbocycles. The van der Waals surface area contributed by atoms with Gasteiger partial charge < -0.3 is 20.5 Å². The molecular weight excluding hydrogens is 386 g/mol. The van der Waals surface area contributed by atoms with Crippen LogP contribution in [0.1, 0.15) is 18.1 Å². The van der Waals surface area contributed by atoms with Crippen LogP contribution in [0.4, 0.5) is 5.69 Å². The van der Waals surface area contributed by atoms with E-state index >= 15 is 0 Å². The predicted molar refractivity (Wildman–Crippen MR) is 99.5 cm³/mol. The van der Waals surface area contributed by atoms with E-state index in [0.29, 0.717) is 16.3 Å². The van der Waals surface area contributed by atoms with Gasteiger partial charge in [0.1, 0.15) is 24.0 Å². The quantitative estimate of drug-likeness (QED) is 0.574. The van der Waals surface area contributed by atoms with Crippen molar-refractivity contribution in [3.63, 3.8) is 0 Å². The highest BCUT2D eigenvalue weighted by Crippen LogP contribution is 2.51. The third-order valence-corrected chi connectivity index (χ3v) is 6.47. The first-order valence-electron chi connectivity index (χ1n) is 9.24. The van der Waals surface area contributed by atoms with Gasteiger partial charge in [-0.25, -0.2) is 0 Å².